The van der Waals surface area contributed by atoms with Crippen molar-refractivity contribution in [2.24, 2.45) is 0 Å². The van der Waals surface area contributed by atoms with Crippen molar-refractivity contribution in [3.05, 3.63) is 29.8 Å². The minimum absolute atomic E-state index is 0.0830. The summed E-state index contributed by atoms with van der Waals surface area (Å²) in [6, 6.07) is 7.86. The molecule has 7 nitrogen and oxygen atoms in total. The van der Waals surface area contributed by atoms with E-state index in [-0.39, 0.29) is 23.5 Å². The average molecular weight is 366 g/mol. The maximum atomic E-state index is 12.8. The Labute approximate surface area is 147 Å². The molecular formula is C17H22N2O5S. The van der Waals surface area contributed by atoms with E-state index in [2.05, 4.69) is 0 Å². The highest BCUT2D eigenvalue weighted by Crippen LogP contribution is 2.40. The Balaban J connectivity index is 1.79. The van der Waals surface area contributed by atoms with Gasteiger partial charge in [-0.2, -0.15) is 9.57 Å². The number of benzene rings is 1. The topological polar surface area (TPSA) is 111 Å². The van der Waals surface area contributed by atoms with E-state index in [0.717, 1.165) is 0 Å². The van der Waals surface area contributed by atoms with Crippen LogP contribution in [0.1, 0.15) is 31.7 Å². The van der Waals surface area contributed by atoms with Gasteiger partial charge in [0.15, 0.2) is 0 Å². The molecule has 1 aromatic carbocycles. The molecule has 136 valence electrons. The van der Waals surface area contributed by atoms with Crippen LogP contribution >= 0.6 is 0 Å². The van der Waals surface area contributed by atoms with Crippen LogP contribution in [-0.4, -0.2) is 59.9 Å². The zero-order chi connectivity index (χ0) is 18.3. The first-order valence-electron chi connectivity index (χ1n) is 8.26. The first kappa shape index (κ1) is 18.3. The minimum Gasteiger partial charge on any atom is -0.387 e. The smallest absolute Gasteiger partial charge is 0.243 e. The molecule has 1 aromatic rings. The molecule has 2 heterocycles. The molecule has 8 heteroatoms. The third-order valence-electron chi connectivity index (χ3n) is 5.25. The molecule has 0 amide bonds. The third-order valence-corrected chi connectivity index (χ3v) is 7.15. The molecule has 3 rings (SSSR count). The lowest BCUT2D eigenvalue weighted by molar-refractivity contribution is -0.243. The van der Waals surface area contributed by atoms with Crippen molar-refractivity contribution in [1.29, 1.82) is 5.26 Å². The number of hydrogen-bond acceptors (Lipinski definition) is 6. The van der Waals surface area contributed by atoms with Crippen molar-refractivity contribution in [2.45, 2.75) is 48.4 Å². The summed E-state index contributed by atoms with van der Waals surface area (Å²) in [5, 5.41) is 29.8. The number of piperidine rings is 1. The van der Waals surface area contributed by atoms with Gasteiger partial charge in [-0.15, -0.1) is 0 Å². The van der Waals surface area contributed by atoms with Crippen molar-refractivity contribution >= 4 is 10.0 Å². The summed E-state index contributed by atoms with van der Waals surface area (Å²) in [6.07, 6.45) is -0.0949. The molecule has 2 fully saturated rings. The third kappa shape index (κ3) is 3.18. The van der Waals surface area contributed by atoms with E-state index in [1.807, 2.05) is 6.07 Å². The molecule has 2 atom stereocenters. The highest BCUT2D eigenvalue weighted by Gasteiger charge is 2.53. The molecule has 0 aromatic heterocycles. The highest BCUT2D eigenvalue weighted by molar-refractivity contribution is 7.89. The maximum Gasteiger partial charge on any atom is 0.243 e. The number of sulfonamides is 1. The Kier molecular flexibility index (Phi) is 4.64. The molecule has 0 aliphatic carbocycles. The second kappa shape index (κ2) is 6.34. The van der Waals surface area contributed by atoms with E-state index < -0.39 is 27.3 Å². The lowest BCUT2D eigenvalue weighted by Crippen LogP contribution is -2.64. The van der Waals surface area contributed by atoms with Crippen LogP contribution in [-0.2, 0) is 14.8 Å². The van der Waals surface area contributed by atoms with Gasteiger partial charge in [0, 0.05) is 19.5 Å². The van der Waals surface area contributed by atoms with Crippen LogP contribution < -0.4 is 0 Å². The summed E-state index contributed by atoms with van der Waals surface area (Å²) in [5.41, 5.74) is -1.86. The summed E-state index contributed by atoms with van der Waals surface area (Å²) >= 11 is 0. The zero-order valence-corrected chi connectivity index (χ0v) is 14.9. The molecule has 2 N–H and O–H groups in total. The normalized spacial score (nSPS) is 30.1. The van der Waals surface area contributed by atoms with Gasteiger partial charge in [-0.25, -0.2) is 8.42 Å². The fourth-order valence-corrected chi connectivity index (χ4v) is 5.13. The number of aliphatic hydroxyl groups excluding tert-OH is 1. The second-order valence-electron chi connectivity index (χ2n) is 6.97. The van der Waals surface area contributed by atoms with Gasteiger partial charge in [0.05, 0.1) is 34.3 Å². The highest BCUT2D eigenvalue weighted by atomic mass is 32.2. The van der Waals surface area contributed by atoms with Crippen molar-refractivity contribution in [1.82, 2.24) is 4.31 Å². The van der Waals surface area contributed by atoms with Gasteiger partial charge in [-0.3, -0.25) is 0 Å². The van der Waals surface area contributed by atoms with E-state index in [1.165, 1.54) is 16.4 Å². The Hall–Kier alpha value is -1.50. The van der Waals surface area contributed by atoms with Crippen LogP contribution in [0, 0.1) is 11.3 Å². The van der Waals surface area contributed by atoms with Crippen molar-refractivity contribution < 1.29 is 23.4 Å². The molecule has 0 bridgehead atoms. The fraction of sp³-hybridized carbons (Fsp3) is 0.588. The Bertz CT molecular complexity index is 792. The number of rotatable bonds is 2. The standard InChI is InChI=1S/C17H22N2O5S/c1-16(21)7-10-24-17(15(16)20)5-8-19(9-6-17)25(22,23)14-4-2-3-13(11-14)12-18/h2-4,11,15,20-21H,5-10H2,1H3/t15?,16-/m1/s1. The van der Waals surface area contributed by atoms with Crippen molar-refractivity contribution in [3.63, 3.8) is 0 Å². The molecule has 25 heavy (non-hydrogen) atoms. The van der Waals surface area contributed by atoms with Gasteiger partial charge in [-0.05, 0) is 38.0 Å². The van der Waals surface area contributed by atoms with Crippen LogP contribution in [0.2, 0.25) is 0 Å². The molecule has 2 aliphatic heterocycles. The predicted molar refractivity (Wildman–Crippen MR) is 89.1 cm³/mol. The number of nitrogens with zero attached hydrogens (tertiary/aromatic N) is 2. The monoisotopic (exact) mass is 366 g/mol. The molecule has 1 spiro atoms. The average Bonchev–Trinajstić information content (AvgIpc) is 2.60. The Morgan fingerprint density at radius 3 is 2.64 bits per heavy atom. The summed E-state index contributed by atoms with van der Waals surface area (Å²) in [6.45, 7) is 2.29. The number of hydrogen-bond donors (Lipinski definition) is 2. The fourth-order valence-electron chi connectivity index (χ4n) is 3.64. The second-order valence-corrected chi connectivity index (χ2v) is 8.90. The molecule has 1 unspecified atom stereocenters. The molecule has 2 aliphatic rings. The summed E-state index contributed by atoms with van der Waals surface area (Å²) in [7, 11) is -3.71. The lowest BCUT2D eigenvalue weighted by atomic mass is 9.75. The summed E-state index contributed by atoms with van der Waals surface area (Å²) < 4.78 is 32.7. The van der Waals surface area contributed by atoms with E-state index in [4.69, 9.17) is 10.00 Å². The van der Waals surface area contributed by atoms with Crippen LogP contribution in [0.15, 0.2) is 29.2 Å². The number of aliphatic hydroxyl groups is 2. The number of nitriles is 1. The van der Waals surface area contributed by atoms with Crippen LogP contribution in [0.5, 0.6) is 0 Å². The quantitative estimate of drug-likeness (QED) is 0.793. The largest absolute Gasteiger partial charge is 0.387 e. The SMILES string of the molecule is C[C@@]1(O)CCOC2(CCN(S(=O)(=O)c3cccc(C#N)c3)CC2)C1O. The maximum absolute atomic E-state index is 12.8. The van der Waals surface area contributed by atoms with Crippen LogP contribution in [0.25, 0.3) is 0 Å². The molecule has 0 radical (unpaired) electrons. The Morgan fingerprint density at radius 2 is 2.00 bits per heavy atom. The zero-order valence-electron chi connectivity index (χ0n) is 14.1. The molecule has 0 saturated carbocycles. The first-order chi connectivity index (χ1) is 11.7. The first-order valence-corrected chi connectivity index (χ1v) is 9.70. The molecular weight excluding hydrogens is 344 g/mol. The van der Waals surface area contributed by atoms with E-state index >= 15 is 0 Å². The van der Waals surface area contributed by atoms with Gasteiger partial charge in [0.1, 0.15) is 6.10 Å². The lowest BCUT2D eigenvalue weighted by Gasteiger charge is -2.51. The van der Waals surface area contributed by atoms with Crippen LogP contribution in [0.4, 0.5) is 0 Å². The molecule has 2 saturated heterocycles. The minimum atomic E-state index is -3.71. The van der Waals surface area contributed by atoms with Gasteiger partial charge in [0.2, 0.25) is 10.0 Å². The van der Waals surface area contributed by atoms with E-state index in [1.54, 1.807) is 19.1 Å². The van der Waals surface area contributed by atoms with Crippen molar-refractivity contribution in [3.8, 4) is 6.07 Å². The van der Waals surface area contributed by atoms with E-state index in [0.29, 0.717) is 25.9 Å². The van der Waals surface area contributed by atoms with E-state index in [9.17, 15) is 18.6 Å². The van der Waals surface area contributed by atoms with Gasteiger partial charge in [0.25, 0.3) is 0 Å². The van der Waals surface area contributed by atoms with Gasteiger partial charge in [-0.1, -0.05) is 6.07 Å². The Morgan fingerprint density at radius 1 is 1.32 bits per heavy atom. The van der Waals surface area contributed by atoms with Crippen LogP contribution in [0.3, 0.4) is 0 Å². The van der Waals surface area contributed by atoms with Gasteiger partial charge >= 0.3 is 0 Å². The summed E-state index contributed by atoms with van der Waals surface area (Å²) in [5.74, 6) is 0. The van der Waals surface area contributed by atoms with Gasteiger partial charge < -0.3 is 14.9 Å². The van der Waals surface area contributed by atoms with Crippen molar-refractivity contribution in [2.75, 3.05) is 19.7 Å². The summed E-state index contributed by atoms with van der Waals surface area (Å²) in [4.78, 5) is 0.0830. The predicted octanol–water partition coefficient (Wildman–Crippen LogP) is 0.614. The number of ether oxygens (including phenoxy) is 1.